The van der Waals surface area contributed by atoms with Gasteiger partial charge in [0, 0.05) is 45.6 Å². The lowest BCUT2D eigenvalue weighted by molar-refractivity contribution is -0.212. The minimum absolute atomic E-state index is 0.00612. The van der Waals surface area contributed by atoms with Crippen molar-refractivity contribution >= 4 is 17.9 Å². The Balaban J connectivity index is 1.69. The Morgan fingerprint density at radius 1 is 0.788 bits per heavy atom. The summed E-state index contributed by atoms with van der Waals surface area (Å²) in [7, 11) is 1.70. The van der Waals surface area contributed by atoms with Crippen molar-refractivity contribution in [3.63, 3.8) is 0 Å². The van der Waals surface area contributed by atoms with E-state index in [0.717, 1.165) is 38.5 Å². The molecular weight excluding hydrogens is 424 g/mol. The monoisotopic (exact) mass is 464 g/mol. The smallest absolute Gasteiger partial charge is 0.302 e. The highest BCUT2D eigenvalue weighted by Gasteiger charge is 2.68. The second-order valence-electron chi connectivity index (χ2n) is 11.4. The van der Waals surface area contributed by atoms with Gasteiger partial charge in [0.15, 0.2) is 0 Å². The van der Waals surface area contributed by atoms with E-state index in [1.165, 1.54) is 20.8 Å². The number of esters is 3. The van der Waals surface area contributed by atoms with Crippen LogP contribution >= 0.6 is 0 Å². The Hall–Kier alpha value is -1.63. The summed E-state index contributed by atoms with van der Waals surface area (Å²) >= 11 is 0. The zero-order valence-electron chi connectivity index (χ0n) is 20.9. The number of rotatable bonds is 4. The summed E-state index contributed by atoms with van der Waals surface area (Å²) in [6, 6.07) is 0. The van der Waals surface area contributed by atoms with E-state index in [1.54, 1.807) is 7.11 Å². The van der Waals surface area contributed by atoms with E-state index in [4.69, 9.17) is 18.9 Å². The summed E-state index contributed by atoms with van der Waals surface area (Å²) in [6.45, 7) is 8.98. The number of ether oxygens (including phenoxy) is 4. The van der Waals surface area contributed by atoms with E-state index < -0.39 is 5.41 Å². The fourth-order valence-electron chi connectivity index (χ4n) is 8.55. The van der Waals surface area contributed by atoms with Crippen LogP contribution in [0.15, 0.2) is 0 Å². The molecule has 0 aromatic rings. The molecule has 0 N–H and O–H groups in total. The zero-order chi connectivity index (χ0) is 24.1. The lowest BCUT2D eigenvalue weighted by atomic mass is 9.44. The fraction of sp³-hybridized carbons (Fsp3) is 0.885. The van der Waals surface area contributed by atoms with Crippen molar-refractivity contribution in [3.8, 4) is 0 Å². The standard InChI is InChI=1S/C26H40O7/c1-14(27)31-18-9-10-25(4)17(11-18)7-8-19-20(25)12-23(33-16(3)29)26(5)22(30-6)13-21(24(19)26)32-15(2)28/h17-24H,7-13H2,1-6H3. The molecule has 33 heavy (non-hydrogen) atoms. The molecule has 10 unspecified atom stereocenters. The predicted molar refractivity (Wildman–Crippen MR) is 120 cm³/mol. The van der Waals surface area contributed by atoms with Crippen LogP contribution in [0.25, 0.3) is 0 Å². The molecule has 0 saturated heterocycles. The quantitative estimate of drug-likeness (QED) is 0.458. The van der Waals surface area contributed by atoms with Gasteiger partial charge in [-0.05, 0) is 61.7 Å². The normalized spacial score (nSPS) is 46.4. The summed E-state index contributed by atoms with van der Waals surface area (Å²) in [5.41, 5.74) is -0.328. The highest BCUT2D eigenvalue weighted by atomic mass is 16.6. The van der Waals surface area contributed by atoms with Crippen LogP contribution in [-0.4, -0.2) is 49.4 Å². The van der Waals surface area contributed by atoms with Gasteiger partial charge in [0.05, 0.1) is 6.10 Å². The summed E-state index contributed by atoms with van der Waals surface area (Å²) in [5, 5.41) is 0. The average Bonchev–Trinajstić information content (AvgIpc) is 3.00. The molecule has 186 valence electrons. The molecule has 0 amide bonds. The van der Waals surface area contributed by atoms with Gasteiger partial charge >= 0.3 is 17.9 Å². The van der Waals surface area contributed by atoms with E-state index in [2.05, 4.69) is 13.8 Å². The van der Waals surface area contributed by atoms with E-state index in [-0.39, 0.29) is 53.7 Å². The Kier molecular flexibility index (Phi) is 6.58. The van der Waals surface area contributed by atoms with Gasteiger partial charge < -0.3 is 18.9 Å². The molecule has 4 aliphatic rings. The van der Waals surface area contributed by atoms with Gasteiger partial charge in [-0.15, -0.1) is 0 Å². The van der Waals surface area contributed by atoms with Crippen molar-refractivity contribution in [1.29, 1.82) is 0 Å². The number of hydrogen-bond acceptors (Lipinski definition) is 7. The maximum Gasteiger partial charge on any atom is 0.302 e. The van der Waals surface area contributed by atoms with E-state index >= 15 is 0 Å². The molecule has 4 rings (SSSR count). The van der Waals surface area contributed by atoms with Crippen LogP contribution in [0.2, 0.25) is 0 Å². The van der Waals surface area contributed by atoms with Crippen molar-refractivity contribution < 1.29 is 33.3 Å². The topological polar surface area (TPSA) is 88.1 Å². The molecular formula is C26H40O7. The van der Waals surface area contributed by atoms with Gasteiger partial charge in [-0.1, -0.05) is 13.8 Å². The third-order valence-electron chi connectivity index (χ3n) is 9.82. The molecule has 7 nitrogen and oxygen atoms in total. The molecule has 0 spiro atoms. The van der Waals surface area contributed by atoms with Crippen LogP contribution < -0.4 is 0 Å². The van der Waals surface area contributed by atoms with Crippen LogP contribution in [0.1, 0.15) is 79.6 Å². The van der Waals surface area contributed by atoms with Crippen molar-refractivity contribution in [1.82, 2.24) is 0 Å². The second kappa shape index (κ2) is 8.86. The molecule has 7 heteroatoms. The van der Waals surface area contributed by atoms with Gasteiger partial charge in [-0.25, -0.2) is 0 Å². The largest absolute Gasteiger partial charge is 0.463 e. The average molecular weight is 465 g/mol. The Bertz CT molecular complexity index is 796. The summed E-state index contributed by atoms with van der Waals surface area (Å²) < 4.78 is 23.4. The number of carbonyl (C=O) groups is 3. The highest BCUT2D eigenvalue weighted by Crippen LogP contribution is 2.67. The van der Waals surface area contributed by atoms with Crippen molar-refractivity contribution in [2.45, 2.75) is 104 Å². The first-order valence-electron chi connectivity index (χ1n) is 12.5. The number of fused-ring (bicyclic) bond motifs is 5. The third kappa shape index (κ3) is 4.08. The maximum absolute atomic E-state index is 12.2. The molecule has 4 saturated carbocycles. The molecule has 0 aromatic carbocycles. The SMILES string of the molecule is COC1CC(OC(C)=O)C2C3CCC4CC(OC(C)=O)CCC4(C)C3CC(OC(C)=O)C12C. The van der Waals surface area contributed by atoms with Gasteiger partial charge in [0.1, 0.15) is 18.3 Å². The van der Waals surface area contributed by atoms with Crippen LogP contribution in [0.3, 0.4) is 0 Å². The van der Waals surface area contributed by atoms with Gasteiger partial charge in [-0.3, -0.25) is 14.4 Å². The molecule has 0 aromatic heterocycles. The van der Waals surface area contributed by atoms with Crippen LogP contribution in [0.5, 0.6) is 0 Å². The Morgan fingerprint density at radius 3 is 2.06 bits per heavy atom. The zero-order valence-corrected chi connectivity index (χ0v) is 20.9. The van der Waals surface area contributed by atoms with Crippen molar-refractivity contribution in [2.75, 3.05) is 7.11 Å². The number of methoxy groups -OCH3 is 1. The summed E-state index contributed by atoms with van der Waals surface area (Å²) in [5.74, 6) is 0.515. The highest BCUT2D eigenvalue weighted by molar-refractivity contribution is 5.67. The van der Waals surface area contributed by atoms with Gasteiger partial charge in [-0.2, -0.15) is 0 Å². The molecule has 0 radical (unpaired) electrons. The first-order valence-corrected chi connectivity index (χ1v) is 12.5. The minimum Gasteiger partial charge on any atom is -0.463 e. The molecule has 10 atom stereocenters. The number of hydrogen-bond donors (Lipinski definition) is 0. The second-order valence-corrected chi connectivity index (χ2v) is 11.4. The fourth-order valence-corrected chi connectivity index (χ4v) is 8.55. The van der Waals surface area contributed by atoms with Crippen molar-refractivity contribution in [2.24, 2.45) is 34.5 Å². The molecule has 0 heterocycles. The van der Waals surface area contributed by atoms with Crippen LogP contribution in [-0.2, 0) is 33.3 Å². The molecule has 0 bridgehead atoms. The van der Waals surface area contributed by atoms with Gasteiger partial charge in [0.25, 0.3) is 0 Å². The minimum atomic E-state index is -0.403. The van der Waals surface area contributed by atoms with Crippen LogP contribution in [0.4, 0.5) is 0 Å². The van der Waals surface area contributed by atoms with E-state index in [1.807, 2.05) is 0 Å². The predicted octanol–water partition coefficient (Wildman–Crippen LogP) is 4.06. The summed E-state index contributed by atoms with van der Waals surface area (Å²) in [6.07, 6.45) is 5.63. The van der Waals surface area contributed by atoms with E-state index in [0.29, 0.717) is 24.2 Å². The number of carbonyl (C=O) groups excluding carboxylic acids is 3. The molecule has 0 aliphatic heterocycles. The van der Waals surface area contributed by atoms with E-state index in [9.17, 15) is 14.4 Å². The Morgan fingerprint density at radius 2 is 1.45 bits per heavy atom. The maximum atomic E-state index is 12.2. The van der Waals surface area contributed by atoms with Crippen LogP contribution in [0, 0.1) is 34.5 Å². The van der Waals surface area contributed by atoms with Crippen molar-refractivity contribution in [3.05, 3.63) is 0 Å². The first kappa shape index (κ1) is 24.5. The lowest BCUT2D eigenvalue weighted by Crippen LogP contribution is -2.61. The lowest BCUT2D eigenvalue weighted by Gasteiger charge is -2.62. The summed E-state index contributed by atoms with van der Waals surface area (Å²) in [4.78, 5) is 35.7. The molecule has 4 fully saturated rings. The Labute approximate surface area is 197 Å². The first-order chi connectivity index (χ1) is 15.5. The van der Waals surface area contributed by atoms with Gasteiger partial charge in [0.2, 0.25) is 0 Å². The third-order valence-corrected chi connectivity index (χ3v) is 9.82. The molecule has 4 aliphatic carbocycles.